The smallest absolute Gasteiger partial charge is 0.244 e. The second-order valence-electron chi connectivity index (χ2n) is 7.31. The highest BCUT2D eigenvalue weighted by molar-refractivity contribution is 6.32. The first-order chi connectivity index (χ1) is 13.8. The molecule has 2 N–H and O–H groups in total. The molecule has 29 heavy (non-hydrogen) atoms. The van der Waals surface area contributed by atoms with Crippen LogP contribution in [0.3, 0.4) is 0 Å². The summed E-state index contributed by atoms with van der Waals surface area (Å²) < 4.78 is 0. The van der Waals surface area contributed by atoms with Gasteiger partial charge < -0.3 is 10.6 Å². The molecule has 2 amide bonds. The quantitative estimate of drug-likeness (QED) is 0.580. The van der Waals surface area contributed by atoms with E-state index < -0.39 is 0 Å². The molecule has 6 heteroatoms. The number of hydrogen-bond donors (Lipinski definition) is 2. The fourth-order valence-electron chi connectivity index (χ4n) is 2.38. The summed E-state index contributed by atoms with van der Waals surface area (Å²) in [5.74, 6) is -0.439. The number of carbonyl (C=O) groups is 2. The highest BCUT2D eigenvalue weighted by Gasteiger charge is 2.19. The van der Waals surface area contributed by atoms with Gasteiger partial charge in [-0.1, -0.05) is 73.4 Å². The SMILES string of the molecule is CC(C)(CNC(=O)C=Cc1ccccc1Cl)CNC(=O)C=Cc1ccccc1Cl. The van der Waals surface area contributed by atoms with Crippen molar-refractivity contribution in [2.45, 2.75) is 13.8 Å². The fraction of sp³-hybridized carbons (Fsp3) is 0.217. The Kier molecular flexibility index (Phi) is 8.50. The molecule has 2 aromatic carbocycles. The third kappa shape index (κ3) is 8.14. The number of benzene rings is 2. The molecule has 0 aliphatic heterocycles. The van der Waals surface area contributed by atoms with E-state index in [2.05, 4.69) is 10.6 Å². The topological polar surface area (TPSA) is 58.2 Å². The third-order valence-corrected chi connectivity index (χ3v) is 4.81. The maximum Gasteiger partial charge on any atom is 0.244 e. The first kappa shape index (κ1) is 22.7. The van der Waals surface area contributed by atoms with E-state index in [1.165, 1.54) is 12.2 Å². The molecule has 0 aliphatic rings. The molecule has 0 bridgehead atoms. The van der Waals surface area contributed by atoms with Gasteiger partial charge in [0.25, 0.3) is 0 Å². The average Bonchev–Trinajstić information content (AvgIpc) is 2.70. The number of hydrogen-bond acceptors (Lipinski definition) is 2. The van der Waals surface area contributed by atoms with Gasteiger partial charge in [-0.15, -0.1) is 0 Å². The van der Waals surface area contributed by atoms with Gasteiger partial charge in [-0.05, 0) is 40.8 Å². The molecule has 0 fully saturated rings. The lowest BCUT2D eigenvalue weighted by molar-refractivity contribution is -0.116. The van der Waals surface area contributed by atoms with Crippen molar-refractivity contribution in [3.8, 4) is 0 Å². The summed E-state index contributed by atoms with van der Waals surface area (Å²) in [6.07, 6.45) is 6.24. The van der Waals surface area contributed by atoms with Gasteiger partial charge in [-0.2, -0.15) is 0 Å². The van der Waals surface area contributed by atoms with Gasteiger partial charge in [-0.25, -0.2) is 0 Å². The molecular weight excluding hydrogens is 407 g/mol. The van der Waals surface area contributed by atoms with Crippen molar-refractivity contribution >= 4 is 47.2 Å². The molecule has 0 saturated heterocycles. The van der Waals surface area contributed by atoms with E-state index in [4.69, 9.17) is 23.2 Å². The second kappa shape index (κ2) is 10.8. The van der Waals surface area contributed by atoms with Gasteiger partial charge in [-0.3, -0.25) is 9.59 Å². The molecule has 2 rings (SSSR count). The molecule has 0 atom stereocenters. The van der Waals surface area contributed by atoms with Crippen molar-refractivity contribution < 1.29 is 9.59 Å². The van der Waals surface area contributed by atoms with E-state index >= 15 is 0 Å². The van der Waals surface area contributed by atoms with E-state index in [9.17, 15) is 9.59 Å². The van der Waals surface area contributed by atoms with Crippen molar-refractivity contribution in [3.63, 3.8) is 0 Å². The van der Waals surface area contributed by atoms with Gasteiger partial charge in [0, 0.05) is 35.3 Å². The van der Waals surface area contributed by atoms with Gasteiger partial charge in [0.15, 0.2) is 0 Å². The van der Waals surface area contributed by atoms with Gasteiger partial charge in [0.1, 0.15) is 0 Å². The van der Waals surface area contributed by atoms with Crippen molar-refractivity contribution in [3.05, 3.63) is 81.9 Å². The monoisotopic (exact) mass is 430 g/mol. The lowest BCUT2D eigenvalue weighted by Crippen LogP contribution is -2.41. The Bertz CT molecular complexity index is 847. The minimum Gasteiger partial charge on any atom is -0.352 e. The van der Waals surface area contributed by atoms with Crippen LogP contribution in [0.5, 0.6) is 0 Å². The molecule has 0 unspecified atom stereocenters. The minimum absolute atomic E-state index is 0.220. The standard InChI is InChI=1S/C23H24Cl2N2O2/c1-23(2,15-26-21(28)13-11-17-7-3-5-9-19(17)24)16-27-22(29)14-12-18-8-4-6-10-20(18)25/h3-14H,15-16H2,1-2H3,(H,26,28)(H,27,29). The van der Waals surface area contributed by atoms with E-state index in [0.29, 0.717) is 23.1 Å². The van der Waals surface area contributed by atoms with Crippen molar-refractivity contribution in [2.75, 3.05) is 13.1 Å². The number of amides is 2. The second-order valence-corrected chi connectivity index (χ2v) is 8.12. The molecule has 0 saturated carbocycles. The molecule has 0 radical (unpaired) electrons. The highest BCUT2D eigenvalue weighted by Crippen LogP contribution is 2.17. The summed E-state index contributed by atoms with van der Waals surface area (Å²) in [6.45, 7) is 4.74. The lowest BCUT2D eigenvalue weighted by Gasteiger charge is -2.24. The van der Waals surface area contributed by atoms with E-state index in [1.807, 2.05) is 50.2 Å². The normalized spacial score (nSPS) is 11.7. The number of nitrogens with one attached hydrogen (secondary N) is 2. The third-order valence-electron chi connectivity index (χ3n) is 4.12. The molecule has 0 heterocycles. The van der Waals surface area contributed by atoms with Crippen LogP contribution in [0.4, 0.5) is 0 Å². The maximum absolute atomic E-state index is 12.1. The summed E-state index contributed by atoms with van der Waals surface area (Å²) in [7, 11) is 0. The first-order valence-electron chi connectivity index (χ1n) is 9.18. The van der Waals surface area contributed by atoms with Crippen molar-refractivity contribution in [2.24, 2.45) is 5.41 Å². The van der Waals surface area contributed by atoms with Gasteiger partial charge in [0.05, 0.1) is 0 Å². The summed E-state index contributed by atoms with van der Waals surface area (Å²) in [5, 5.41) is 6.87. The van der Waals surface area contributed by atoms with Crippen LogP contribution in [-0.2, 0) is 9.59 Å². The zero-order valence-electron chi connectivity index (χ0n) is 16.4. The van der Waals surface area contributed by atoms with Crippen LogP contribution in [0.2, 0.25) is 10.0 Å². The van der Waals surface area contributed by atoms with Gasteiger partial charge >= 0.3 is 0 Å². The summed E-state index contributed by atoms with van der Waals surface area (Å²) in [6, 6.07) is 14.6. The summed E-state index contributed by atoms with van der Waals surface area (Å²) in [5.41, 5.74) is 1.24. The molecule has 0 spiro atoms. The van der Waals surface area contributed by atoms with Crippen LogP contribution in [0.1, 0.15) is 25.0 Å². The summed E-state index contributed by atoms with van der Waals surface area (Å²) in [4.78, 5) is 24.1. The van der Waals surface area contributed by atoms with Crippen molar-refractivity contribution in [1.82, 2.24) is 10.6 Å². The predicted octanol–water partition coefficient (Wildman–Crippen LogP) is 4.98. The predicted molar refractivity (Wildman–Crippen MR) is 121 cm³/mol. The van der Waals surface area contributed by atoms with Crippen LogP contribution in [0.15, 0.2) is 60.7 Å². The Morgan fingerprint density at radius 1 is 0.793 bits per heavy atom. The number of rotatable bonds is 8. The Balaban J connectivity index is 1.79. The maximum atomic E-state index is 12.1. The minimum atomic E-state index is -0.318. The molecule has 152 valence electrons. The number of carbonyl (C=O) groups excluding carboxylic acids is 2. The first-order valence-corrected chi connectivity index (χ1v) is 9.93. The average molecular weight is 431 g/mol. The zero-order valence-corrected chi connectivity index (χ0v) is 17.9. The van der Waals surface area contributed by atoms with Crippen LogP contribution >= 0.6 is 23.2 Å². The zero-order chi connectivity index (χ0) is 21.3. The fourth-order valence-corrected chi connectivity index (χ4v) is 2.78. The van der Waals surface area contributed by atoms with Crippen LogP contribution in [-0.4, -0.2) is 24.9 Å². The van der Waals surface area contributed by atoms with Crippen LogP contribution in [0.25, 0.3) is 12.2 Å². The highest BCUT2D eigenvalue weighted by atomic mass is 35.5. The Morgan fingerprint density at radius 3 is 1.55 bits per heavy atom. The van der Waals surface area contributed by atoms with Crippen molar-refractivity contribution in [1.29, 1.82) is 0 Å². The molecular formula is C23H24Cl2N2O2. The van der Waals surface area contributed by atoms with Gasteiger partial charge in [0.2, 0.25) is 11.8 Å². The Hall–Kier alpha value is -2.56. The molecule has 2 aromatic rings. The Morgan fingerprint density at radius 2 is 1.17 bits per heavy atom. The molecule has 0 aromatic heterocycles. The van der Waals surface area contributed by atoms with E-state index in [1.54, 1.807) is 24.3 Å². The summed E-state index contributed by atoms with van der Waals surface area (Å²) >= 11 is 12.1. The molecule has 4 nitrogen and oxygen atoms in total. The van der Waals surface area contributed by atoms with E-state index in [-0.39, 0.29) is 17.2 Å². The number of halogens is 2. The van der Waals surface area contributed by atoms with Crippen LogP contribution in [0, 0.1) is 5.41 Å². The molecule has 0 aliphatic carbocycles. The largest absolute Gasteiger partial charge is 0.352 e. The van der Waals surface area contributed by atoms with E-state index in [0.717, 1.165) is 11.1 Å². The Labute approximate surface area is 181 Å². The van der Waals surface area contributed by atoms with Crippen LogP contribution < -0.4 is 10.6 Å². The lowest BCUT2D eigenvalue weighted by atomic mass is 9.93.